The van der Waals surface area contributed by atoms with Crippen molar-refractivity contribution < 1.29 is 28.6 Å². The third-order valence-corrected chi connectivity index (χ3v) is 7.86. The molecule has 3 heterocycles. The molecule has 0 atom stereocenters. The number of H-pyrrole nitrogens is 1. The average Bonchev–Trinajstić information content (AvgIpc) is 3.49. The molecule has 0 spiro atoms. The number of piperazine rings is 1. The van der Waals surface area contributed by atoms with Gasteiger partial charge in [0.2, 0.25) is 0 Å². The minimum absolute atomic E-state index is 0.213. The minimum Gasteiger partial charge on any atom is -0.486 e. The average molecular weight is 579 g/mol. The number of carbonyl (C=O) groups is 2. The van der Waals surface area contributed by atoms with Crippen LogP contribution in [0.3, 0.4) is 0 Å². The summed E-state index contributed by atoms with van der Waals surface area (Å²) in [6.45, 7) is 2.82. The topological polar surface area (TPSA) is 108 Å². The summed E-state index contributed by atoms with van der Waals surface area (Å²) in [5.74, 6) is 0.110. The number of hydrogen-bond donors (Lipinski definition) is 2. The molecule has 0 unspecified atom stereocenters. The number of nitrogens with one attached hydrogen (secondary N) is 1. The molecule has 5 aromatic rings. The number of carbonyl (C=O) groups excluding carboxylic acids is 1. The number of imidazole rings is 1. The number of aromatic carboxylic acids is 1. The number of aromatic amines is 1. The molecular formula is C33H27FN4O5. The van der Waals surface area contributed by atoms with Gasteiger partial charge >= 0.3 is 5.97 Å². The standard InChI is InChI=1S/C33H27FN4O5/c34-23-8-5-20(6-9-23)31-35-29(22-7-10-27-28(18-22)43-16-15-42-27)30(36-31)32(39)38-13-11-37(12-14-38)24-17-21-3-1-2-4-25(21)26(19-24)33(40)41/h1-10,17-19H,11-16H2,(H,35,36)(H,40,41). The molecule has 7 rings (SSSR count). The number of halogens is 1. The summed E-state index contributed by atoms with van der Waals surface area (Å²) in [6.07, 6.45) is 0. The predicted molar refractivity (Wildman–Crippen MR) is 159 cm³/mol. The fourth-order valence-corrected chi connectivity index (χ4v) is 5.65. The van der Waals surface area contributed by atoms with Crippen molar-refractivity contribution in [2.24, 2.45) is 0 Å². The van der Waals surface area contributed by atoms with Gasteiger partial charge in [0.05, 0.1) is 5.56 Å². The smallest absolute Gasteiger partial charge is 0.336 e. The van der Waals surface area contributed by atoms with E-state index in [9.17, 15) is 19.1 Å². The van der Waals surface area contributed by atoms with Crippen LogP contribution in [0, 0.1) is 5.82 Å². The maximum atomic E-state index is 14.0. The van der Waals surface area contributed by atoms with Crippen molar-refractivity contribution in [3.05, 3.63) is 95.9 Å². The number of nitrogens with zero attached hydrogens (tertiary/aromatic N) is 3. The lowest BCUT2D eigenvalue weighted by Crippen LogP contribution is -2.49. The number of benzene rings is 4. The molecule has 43 heavy (non-hydrogen) atoms. The van der Waals surface area contributed by atoms with Crippen molar-refractivity contribution >= 4 is 28.3 Å². The molecule has 2 N–H and O–H groups in total. The van der Waals surface area contributed by atoms with Crippen LogP contribution in [-0.2, 0) is 0 Å². The molecule has 0 aliphatic carbocycles. The maximum absolute atomic E-state index is 14.0. The molecule has 0 radical (unpaired) electrons. The quantitative estimate of drug-likeness (QED) is 0.285. The number of aromatic nitrogens is 2. The Morgan fingerprint density at radius 2 is 1.56 bits per heavy atom. The van der Waals surface area contributed by atoms with E-state index in [1.165, 1.54) is 12.1 Å². The van der Waals surface area contributed by atoms with E-state index in [0.29, 0.717) is 84.6 Å². The molecule has 10 heteroatoms. The van der Waals surface area contributed by atoms with E-state index < -0.39 is 5.97 Å². The number of ether oxygens (including phenoxy) is 2. The second-order valence-corrected chi connectivity index (χ2v) is 10.5. The van der Waals surface area contributed by atoms with Gasteiger partial charge in [0.1, 0.15) is 36.2 Å². The highest BCUT2D eigenvalue weighted by Gasteiger charge is 2.28. The minimum atomic E-state index is -0.977. The Hall–Kier alpha value is -5.38. The number of carboxylic acid groups (broad SMARTS) is 1. The fourth-order valence-electron chi connectivity index (χ4n) is 5.65. The van der Waals surface area contributed by atoms with Gasteiger partial charge in [-0.2, -0.15) is 0 Å². The van der Waals surface area contributed by atoms with Crippen LogP contribution >= 0.6 is 0 Å². The van der Waals surface area contributed by atoms with Crippen molar-refractivity contribution in [3.8, 4) is 34.1 Å². The Bertz CT molecular complexity index is 1860. The lowest BCUT2D eigenvalue weighted by atomic mass is 10.0. The maximum Gasteiger partial charge on any atom is 0.336 e. The van der Waals surface area contributed by atoms with Crippen LogP contribution in [0.5, 0.6) is 11.5 Å². The summed E-state index contributed by atoms with van der Waals surface area (Å²) < 4.78 is 25.1. The molecule has 216 valence electrons. The zero-order valence-corrected chi connectivity index (χ0v) is 23.0. The van der Waals surface area contributed by atoms with Crippen LogP contribution in [0.15, 0.2) is 78.9 Å². The van der Waals surface area contributed by atoms with Gasteiger partial charge in [0, 0.05) is 43.0 Å². The molecule has 1 amide bonds. The highest BCUT2D eigenvalue weighted by molar-refractivity contribution is 6.05. The molecule has 9 nitrogen and oxygen atoms in total. The van der Waals surface area contributed by atoms with E-state index in [0.717, 1.165) is 11.1 Å². The number of fused-ring (bicyclic) bond motifs is 2. The summed E-state index contributed by atoms with van der Waals surface area (Å²) in [5.41, 5.74) is 3.18. The van der Waals surface area contributed by atoms with Crippen LogP contribution in [0.1, 0.15) is 20.8 Å². The first kappa shape index (κ1) is 26.5. The Morgan fingerprint density at radius 1 is 0.837 bits per heavy atom. The molecule has 0 saturated carbocycles. The normalized spacial score (nSPS) is 14.6. The van der Waals surface area contributed by atoms with E-state index in [1.807, 2.05) is 42.5 Å². The number of rotatable bonds is 5. The Morgan fingerprint density at radius 3 is 2.33 bits per heavy atom. The molecule has 4 aromatic carbocycles. The Labute approximate surface area is 246 Å². The first-order valence-corrected chi connectivity index (χ1v) is 14.0. The summed E-state index contributed by atoms with van der Waals surface area (Å²) in [5, 5.41) is 11.4. The predicted octanol–water partition coefficient (Wildman–Crippen LogP) is 5.47. The van der Waals surface area contributed by atoms with E-state index >= 15 is 0 Å². The Kier molecular flexibility index (Phi) is 6.65. The monoisotopic (exact) mass is 578 g/mol. The van der Waals surface area contributed by atoms with Gasteiger partial charge in [-0.25, -0.2) is 14.2 Å². The van der Waals surface area contributed by atoms with Crippen LogP contribution in [0.2, 0.25) is 0 Å². The third-order valence-electron chi connectivity index (χ3n) is 7.86. The molecular weight excluding hydrogens is 551 g/mol. The van der Waals surface area contributed by atoms with Gasteiger partial charge < -0.3 is 29.4 Å². The molecule has 2 aliphatic rings. The van der Waals surface area contributed by atoms with Gasteiger partial charge in [-0.3, -0.25) is 4.79 Å². The van der Waals surface area contributed by atoms with Crippen LogP contribution in [-0.4, -0.2) is 71.2 Å². The van der Waals surface area contributed by atoms with Crippen molar-refractivity contribution in [1.82, 2.24) is 14.9 Å². The molecule has 0 bridgehead atoms. The van der Waals surface area contributed by atoms with E-state index in [2.05, 4.69) is 9.88 Å². The second kappa shape index (κ2) is 10.8. The van der Waals surface area contributed by atoms with Gasteiger partial charge in [0.25, 0.3) is 5.91 Å². The molecule has 2 aliphatic heterocycles. The zero-order chi connectivity index (χ0) is 29.5. The lowest BCUT2D eigenvalue weighted by molar-refractivity contribution is 0.0698. The number of amides is 1. The number of carboxylic acids is 1. The summed E-state index contributed by atoms with van der Waals surface area (Å²) in [7, 11) is 0. The van der Waals surface area contributed by atoms with Crippen LogP contribution < -0.4 is 14.4 Å². The summed E-state index contributed by atoms with van der Waals surface area (Å²) in [4.78, 5) is 37.8. The van der Waals surface area contributed by atoms with Crippen molar-refractivity contribution in [1.29, 1.82) is 0 Å². The van der Waals surface area contributed by atoms with Crippen molar-refractivity contribution in [2.45, 2.75) is 0 Å². The largest absolute Gasteiger partial charge is 0.486 e. The fraction of sp³-hybridized carbons (Fsp3) is 0.182. The van der Waals surface area contributed by atoms with Crippen LogP contribution in [0.4, 0.5) is 10.1 Å². The highest BCUT2D eigenvalue weighted by Crippen LogP contribution is 2.36. The SMILES string of the molecule is O=C(O)c1cc(N2CCN(C(=O)c3[nH]c(-c4ccc(F)cc4)nc3-c3ccc4c(c3)OCCO4)CC2)cc2ccccc12. The van der Waals surface area contributed by atoms with E-state index in [4.69, 9.17) is 14.5 Å². The van der Waals surface area contributed by atoms with E-state index in [-0.39, 0.29) is 17.3 Å². The third kappa shape index (κ3) is 5.01. The summed E-state index contributed by atoms with van der Waals surface area (Å²) in [6, 6.07) is 22.5. The molecule has 1 saturated heterocycles. The van der Waals surface area contributed by atoms with Gasteiger partial charge in [0.15, 0.2) is 11.5 Å². The van der Waals surface area contributed by atoms with Crippen LogP contribution in [0.25, 0.3) is 33.4 Å². The van der Waals surface area contributed by atoms with Gasteiger partial charge in [-0.1, -0.05) is 24.3 Å². The lowest BCUT2D eigenvalue weighted by Gasteiger charge is -2.36. The second-order valence-electron chi connectivity index (χ2n) is 10.5. The molecule has 1 fully saturated rings. The first-order valence-electron chi connectivity index (χ1n) is 14.0. The van der Waals surface area contributed by atoms with Gasteiger partial charge in [-0.05, 0) is 65.4 Å². The van der Waals surface area contributed by atoms with Crippen molar-refractivity contribution in [2.75, 3.05) is 44.3 Å². The van der Waals surface area contributed by atoms with Gasteiger partial charge in [-0.15, -0.1) is 0 Å². The van der Waals surface area contributed by atoms with Crippen molar-refractivity contribution in [3.63, 3.8) is 0 Å². The van der Waals surface area contributed by atoms with E-state index in [1.54, 1.807) is 29.2 Å². The number of hydrogen-bond acceptors (Lipinski definition) is 6. The highest BCUT2D eigenvalue weighted by atomic mass is 19.1. The summed E-state index contributed by atoms with van der Waals surface area (Å²) >= 11 is 0. The zero-order valence-electron chi connectivity index (χ0n) is 23.0. The first-order chi connectivity index (χ1) is 20.9. The molecule has 1 aromatic heterocycles. The number of anilines is 1. The Balaban J connectivity index is 1.18.